The van der Waals surface area contributed by atoms with Crippen LogP contribution in [-0.4, -0.2) is 29.2 Å². The van der Waals surface area contributed by atoms with Crippen LogP contribution in [0.3, 0.4) is 0 Å². The number of para-hydroxylation sites is 1. The molecule has 3 aromatic rings. The second kappa shape index (κ2) is 4.72. The normalized spacial score (nSPS) is 11.8. The first-order chi connectivity index (χ1) is 9.54. The quantitative estimate of drug-likeness (QED) is 0.738. The summed E-state index contributed by atoms with van der Waals surface area (Å²) in [6.07, 6.45) is 4.28. The summed E-state index contributed by atoms with van der Waals surface area (Å²) in [5.41, 5.74) is 1.69. The summed E-state index contributed by atoms with van der Waals surface area (Å²) in [5.74, 6) is 0. The Labute approximate surface area is 116 Å². The molecule has 1 aromatic carbocycles. The van der Waals surface area contributed by atoms with Crippen molar-refractivity contribution < 1.29 is 8.42 Å². The van der Waals surface area contributed by atoms with E-state index in [9.17, 15) is 8.42 Å². The summed E-state index contributed by atoms with van der Waals surface area (Å²) in [6, 6.07) is 11.7. The molecule has 0 radical (unpaired) electrons. The molecule has 0 atom stereocenters. The second-order valence-corrected chi connectivity index (χ2v) is 6.51. The average molecular weight is 287 g/mol. The monoisotopic (exact) mass is 287 g/mol. The molecule has 0 saturated carbocycles. The van der Waals surface area contributed by atoms with E-state index < -0.39 is 9.84 Å². The van der Waals surface area contributed by atoms with Crippen molar-refractivity contribution >= 4 is 20.7 Å². The van der Waals surface area contributed by atoms with Crippen LogP contribution in [0.25, 0.3) is 10.9 Å². The van der Waals surface area contributed by atoms with Crippen LogP contribution in [0.2, 0.25) is 0 Å². The molecule has 0 N–H and O–H groups in total. The molecule has 0 saturated heterocycles. The van der Waals surface area contributed by atoms with Crippen molar-refractivity contribution in [1.29, 1.82) is 0 Å². The standard InChI is InChI=1S/C14H13N3O2S/c1-20(18,19)14-15-8-9-17(14)10-12-7-6-11-4-2-3-5-13(11)16-12/h2-9H,10H2,1H3. The Hall–Kier alpha value is -2.21. The SMILES string of the molecule is CS(=O)(=O)c1nccn1Cc1ccc2ccccc2n1. The summed E-state index contributed by atoms with van der Waals surface area (Å²) >= 11 is 0. The van der Waals surface area contributed by atoms with Gasteiger partial charge in [0.05, 0.1) is 17.8 Å². The van der Waals surface area contributed by atoms with Crippen LogP contribution in [0.5, 0.6) is 0 Å². The van der Waals surface area contributed by atoms with Gasteiger partial charge in [-0.3, -0.25) is 4.98 Å². The smallest absolute Gasteiger partial charge is 0.227 e. The van der Waals surface area contributed by atoms with Gasteiger partial charge in [-0.25, -0.2) is 13.4 Å². The van der Waals surface area contributed by atoms with Gasteiger partial charge >= 0.3 is 0 Å². The Morgan fingerprint density at radius 1 is 1.15 bits per heavy atom. The summed E-state index contributed by atoms with van der Waals surface area (Å²) in [4.78, 5) is 8.42. The molecule has 0 spiro atoms. The highest BCUT2D eigenvalue weighted by Gasteiger charge is 2.14. The number of hydrogen-bond donors (Lipinski definition) is 0. The van der Waals surface area contributed by atoms with Crippen molar-refractivity contribution in [1.82, 2.24) is 14.5 Å². The van der Waals surface area contributed by atoms with Gasteiger partial charge in [-0.1, -0.05) is 24.3 Å². The molecule has 0 aliphatic heterocycles. The van der Waals surface area contributed by atoms with Crippen molar-refractivity contribution in [3.63, 3.8) is 0 Å². The number of pyridine rings is 1. The van der Waals surface area contributed by atoms with Crippen molar-refractivity contribution in [2.75, 3.05) is 6.26 Å². The Kier molecular flexibility index (Phi) is 3.02. The van der Waals surface area contributed by atoms with Gasteiger partial charge in [-0.05, 0) is 12.1 Å². The van der Waals surface area contributed by atoms with E-state index in [1.165, 1.54) is 6.20 Å². The van der Waals surface area contributed by atoms with Crippen molar-refractivity contribution in [2.24, 2.45) is 0 Å². The van der Waals surface area contributed by atoms with Crippen LogP contribution in [0.4, 0.5) is 0 Å². The van der Waals surface area contributed by atoms with Crippen molar-refractivity contribution in [3.8, 4) is 0 Å². The first-order valence-electron chi connectivity index (χ1n) is 6.10. The fourth-order valence-electron chi connectivity index (χ4n) is 2.12. The molecule has 6 heteroatoms. The van der Waals surface area contributed by atoms with Gasteiger partial charge in [0, 0.05) is 24.0 Å². The zero-order chi connectivity index (χ0) is 14.2. The number of aromatic nitrogens is 3. The summed E-state index contributed by atoms with van der Waals surface area (Å²) in [5, 5.41) is 1.12. The van der Waals surface area contributed by atoms with Gasteiger partial charge in [0.2, 0.25) is 15.0 Å². The van der Waals surface area contributed by atoms with Gasteiger partial charge in [0.15, 0.2) is 0 Å². The van der Waals surface area contributed by atoms with Crippen LogP contribution in [0.1, 0.15) is 5.69 Å². The number of benzene rings is 1. The fraction of sp³-hybridized carbons (Fsp3) is 0.143. The highest BCUT2D eigenvalue weighted by molar-refractivity contribution is 7.90. The van der Waals surface area contributed by atoms with Crippen molar-refractivity contribution in [3.05, 3.63) is 54.5 Å². The molecule has 0 unspecified atom stereocenters. The van der Waals surface area contributed by atoms with E-state index in [1.54, 1.807) is 10.8 Å². The minimum Gasteiger partial charge on any atom is -0.316 e. The van der Waals surface area contributed by atoms with Crippen LogP contribution in [0.15, 0.2) is 53.9 Å². The largest absolute Gasteiger partial charge is 0.316 e. The minimum absolute atomic E-state index is 0.0625. The van der Waals surface area contributed by atoms with E-state index in [0.717, 1.165) is 22.9 Å². The van der Waals surface area contributed by atoms with Crippen LogP contribution in [-0.2, 0) is 16.4 Å². The van der Waals surface area contributed by atoms with Gasteiger partial charge in [0.25, 0.3) is 0 Å². The predicted octanol–water partition coefficient (Wildman–Crippen LogP) is 1.88. The lowest BCUT2D eigenvalue weighted by molar-refractivity contribution is 0.577. The molecule has 102 valence electrons. The van der Waals surface area contributed by atoms with E-state index in [4.69, 9.17) is 0 Å². The zero-order valence-electron chi connectivity index (χ0n) is 10.9. The van der Waals surface area contributed by atoms with E-state index in [1.807, 2.05) is 36.4 Å². The van der Waals surface area contributed by atoms with Crippen LogP contribution >= 0.6 is 0 Å². The van der Waals surface area contributed by atoms with Gasteiger partial charge in [-0.2, -0.15) is 0 Å². The Morgan fingerprint density at radius 3 is 2.75 bits per heavy atom. The number of hydrogen-bond acceptors (Lipinski definition) is 4. The van der Waals surface area contributed by atoms with E-state index in [0.29, 0.717) is 6.54 Å². The molecule has 2 aromatic heterocycles. The molecule has 5 nitrogen and oxygen atoms in total. The fourth-order valence-corrected chi connectivity index (χ4v) is 2.92. The second-order valence-electron chi connectivity index (χ2n) is 4.61. The molecule has 0 aliphatic rings. The lowest BCUT2D eigenvalue weighted by Crippen LogP contribution is -2.10. The molecule has 0 amide bonds. The molecule has 20 heavy (non-hydrogen) atoms. The van der Waals surface area contributed by atoms with E-state index >= 15 is 0 Å². The molecule has 0 fully saturated rings. The van der Waals surface area contributed by atoms with Crippen LogP contribution < -0.4 is 0 Å². The third kappa shape index (κ3) is 2.42. The third-order valence-corrected chi connectivity index (χ3v) is 4.00. The number of nitrogens with zero attached hydrogens (tertiary/aromatic N) is 3. The lowest BCUT2D eigenvalue weighted by Gasteiger charge is -2.07. The Morgan fingerprint density at radius 2 is 1.95 bits per heavy atom. The maximum absolute atomic E-state index is 11.6. The number of rotatable bonds is 3. The molecule has 2 heterocycles. The Bertz CT molecular complexity index is 869. The Balaban J connectivity index is 2.00. The molecular weight excluding hydrogens is 274 g/mol. The minimum atomic E-state index is -3.33. The summed E-state index contributed by atoms with van der Waals surface area (Å²) in [7, 11) is -3.33. The topological polar surface area (TPSA) is 64.8 Å². The number of fused-ring (bicyclic) bond motifs is 1. The van der Waals surface area contributed by atoms with Gasteiger partial charge in [0.1, 0.15) is 0 Å². The van der Waals surface area contributed by atoms with E-state index in [2.05, 4.69) is 9.97 Å². The number of imidazole rings is 1. The molecule has 0 aliphatic carbocycles. The van der Waals surface area contributed by atoms with Gasteiger partial charge in [-0.15, -0.1) is 0 Å². The lowest BCUT2D eigenvalue weighted by atomic mass is 10.2. The zero-order valence-corrected chi connectivity index (χ0v) is 11.7. The van der Waals surface area contributed by atoms with Gasteiger partial charge < -0.3 is 4.57 Å². The average Bonchev–Trinajstić information content (AvgIpc) is 2.87. The van der Waals surface area contributed by atoms with Crippen molar-refractivity contribution in [2.45, 2.75) is 11.7 Å². The first kappa shape index (κ1) is 12.8. The summed E-state index contributed by atoms with van der Waals surface area (Å²) in [6.45, 7) is 0.382. The molecule has 0 bridgehead atoms. The first-order valence-corrected chi connectivity index (χ1v) is 7.99. The maximum atomic E-state index is 11.6. The predicted molar refractivity (Wildman–Crippen MR) is 76.2 cm³/mol. The highest BCUT2D eigenvalue weighted by Crippen LogP contribution is 2.14. The van der Waals surface area contributed by atoms with Crippen LogP contribution in [0, 0.1) is 0 Å². The highest BCUT2D eigenvalue weighted by atomic mass is 32.2. The molecular formula is C14H13N3O2S. The maximum Gasteiger partial charge on any atom is 0.227 e. The third-order valence-electron chi connectivity index (χ3n) is 3.00. The summed E-state index contributed by atoms with van der Waals surface area (Å²) < 4.78 is 24.8. The van der Waals surface area contributed by atoms with E-state index in [-0.39, 0.29) is 5.16 Å². The number of sulfone groups is 1. The molecule has 3 rings (SSSR count).